The minimum absolute atomic E-state index is 0.0797. The largest absolute Gasteiger partial charge is 0.459 e. The van der Waals surface area contributed by atoms with Gasteiger partial charge in [-0.05, 0) is 12.1 Å². The molecule has 0 bridgehead atoms. The van der Waals surface area contributed by atoms with Crippen molar-refractivity contribution < 1.29 is 23.6 Å². The van der Waals surface area contributed by atoms with Gasteiger partial charge in [-0.25, -0.2) is 4.79 Å². The fourth-order valence-corrected chi connectivity index (χ4v) is 2.62. The molecule has 0 saturated carbocycles. The fourth-order valence-electron chi connectivity index (χ4n) is 2.62. The van der Waals surface area contributed by atoms with Gasteiger partial charge < -0.3 is 19.5 Å². The second kappa shape index (κ2) is 6.11. The molecule has 0 radical (unpaired) electrons. The third kappa shape index (κ3) is 3.17. The van der Waals surface area contributed by atoms with E-state index >= 15 is 0 Å². The van der Waals surface area contributed by atoms with Gasteiger partial charge in [-0.2, -0.15) is 0 Å². The van der Waals surface area contributed by atoms with E-state index in [1.807, 2.05) is 0 Å². The third-order valence-corrected chi connectivity index (χ3v) is 3.89. The van der Waals surface area contributed by atoms with Crippen molar-refractivity contribution in [2.45, 2.75) is 12.5 Å². The van der Waals surface area contributed by atoms with Gasteiger partial charge in [0.2, 0.25) is 5.91 Å². The third-order valence-electron chi connectivity index (χ3n) is 3.89. The van der Waals surface area contributed by atoms with Gasteiger partial charge in [0.05, 0.1) is 12.7 Å². The summed E-state index contributed by atoms with van der Waals surface area (Å²) in [6.45, 7) is 1.56. The van der Waals surface area contributed by atoms with Crippen molar-refractivity contribution in [2.75, 3.05) is 26.2 Å². The predicted octanol–water partition coefficient (Wildman–Crippen LogP) is -0.838. The summed E-state index contributed by atoms with van der Waals surface area (Å²) >= 11 is 0. The lowest BCUT2D eigenvalue weighted by Gasteiger charge is -2.34. The molecule has 9 heteroatoms. The molecular weight excluding hydrogens is 304 g/mol. The molecule has 9 nitrogen and oxygen atoms in total. The summed E-state index contributed by atoms with van der Waals surface area (Å²) in [6, 6.07) is 1.84. The molecule has 2 N–H and O–H groups in total. The Labute approximate surface area is 131 Å². The van der Waals surface area contributed by atoms with Crippen LogP contribution in [0.15, 0.2) is 22.8 Å². The molecule has 2 saturated heterocycles. The van der Waals surface area contributed by atoms with E-state index in [-0.39, 0.29) is 24.0 Å². The second-order valence-corrected chi connectivity index (χ2v) is 5.37. The Morgan fingerprint density at radius 3 is 2.43 bits per heavy atom. The number of carbonyl (C=O) groups excluding carboxylic acids is 4. The first-order chi connectivity index (χ1) is 11.0. The van der Waals surface area contributed by atoms with Crippen LogP contribution in [0.1, 0.15) is 17.0 Å². The van der Waals surface area contributed by atoms with Crippen LogP contribution in [0.4, 0.5) is 4.79 Å². The minimum atomic E-state index is -0.821. The molecule has 1 aromatic heterocycles. The number of nitrogens with zero attached hydrogens (tertiary/aromatic N) is 2. The molecule has 0 aliphatic carbocycles. The topological polar surface area (TPSA) is 112 Å². The molecule has 2 aliphatic rings. The molecule has 2 fully saturated rings. The predicted molar refractivity (Wildman–Crippen MR) is 76.3 cm³/mol. The number of hydrogen-bond donors (Lipinski definition) is 2. The molecule has 1 aromatic rings. The molecule has 3 heterocycles. The van der Waals surface area contributed by atoms with E-state index in [4.69, 9.17) is 4.42 Å². The highest BCUT2D eigenvalue weighted by Crippen LogP contribution is 2.11. The van der Waals surface area contributed by atoms with Gasteiger partial charge in [0.1, 0.15) is 6.04 Å². The van der Waals surface area contributed by atoms with Crippen molar-refractivity contribution in [3.63, 3.8) is 0 Å². The molecule has 0 spiro atoms. The smallest absolute Gasteiger partial charge is 0.322 e. The lowest BCUT2D eigenvalue weighted by molar-refractivity contribution is -0.135. The maximum atomic E-state index is 12.2. The summed E-state index contributed by atoms with van der Waals surface area (Å²) in [4.78, 5) is 50.0. The van der Waals surface area contributed by atoms with Gasteiger partial charge in [-0.1, -0.05) is 0 Å². The minimum Gasteiger partial charge on any atom is -0.459 e. The maximum Gasteiger partial charge on any atom is 0.322 e. The number of piperazine rings is 1. The Morgan fingerprint density at radius 1 is 1.17 bits per heavy atom. The monoisotopic (exact) mass is 320 g/mol. The van der Waals surface area contributed by atoms with Crippen molar-refractivity contribution in [3.05, 3.63) is 24.2 Å². The summed E-state index contributed by atoms with van der Waals surface area (Å²) in [5.74, 6) is -0.646. The molecular formula is C14H16N4O5. The molecule has 2 aliphatic heterocycles. The Balaban J connectivity index is 1.50. The summed E-state index contributed by atoms with van der Waals surface area (Å²) in [5.41, 5.74) is 0. The lowest BCUT2D eigenvalue weighted by Crippen LogP contribution is -2.51. The lowest BCUT2D eigenvalue weighted by atomic mass is 10.1. The van der Waals surface area contributed by atoms with Crippen molar-refractivity contribution in [3.8, 4) is 0 Å². The summed E-state index contributed by atoms with van der Waals surface area (Å²) < 4.78 is 5.08. The SMILES string of the molecule is O=C1NC(=O)C(CC(=O)N2CCN(C(=O)c3ccco3)CC2)N1. The van der Waals surface area contributed by atoms with E-state index in [0.29, 0.717) is 26.2 Å². The fraction of sp³-hybridized carbons (Fsp3) is 0.429. The number of nitrogens with one attached hydrogen (secondary N) is 2. The molecule has 23 heavy (non-hydrogen) atoms. The number of carbonyl (C=O) groups is 4. The zero-order chi connectivity index (χ0) is 16.4. The van der Waals surface area contributed by atoms with Crippen LogP contribution >= 0.6 is 0 Å². The number of urea groups is 1. The van der Waals surface area contributed by atoms with Crippen molar-refractivity contribution in [1.29, 1.82) is 0 Å². The first-order valence-corrected chi connectivity index (χ1v) is 7.26. The molecule has 1 atom stereocenters. The Hall–Kier alpha value is -2.84. The van der Waals surface area contributed by atoms with Crippen molar-refractivity contribution >= 4 is 23.8 Å². The van der Waals surface area contributed by atoms with Crippen LogP contribution in [-0.4, -0.2) is 65.8 Å². The zero-order valence-electron chi connectivity index (χ0n) is 12.3. The van der Waals surface area contributed by atoms with Crippen LogP contribution in [0.25, 0.3) is 0 Å². The van der Waals surface area contributed by atoms with Crippen LogP contribution in [-0.2, 0) is 9.59 Å². The zero-order valence-corrected chi connectivity index (χ0v) is 12.3. The van der Waals surface area contributed by atoms with Gasteiger partial charge in [0.15, 0.2) is 5.76 Å². The standard InChI is InChI=1S/C14H16N4O5/c19-11(8-9-12(20)16-14(22)15-9)17-3-5-18(6-4-17)13(21)10-2-1-7-23-10/h1-2,7,9H,3-6,8H2,(H2,15,16,20,22). The van der Waals surface area contributed by atoms with Gasteiger partial charge in [-0.15, -0.1) is 0 Å². The average molecular weight is 320 g/mol. The maximum absolute atomic E-state index is 12.2. The number of hydrogen-bond acceptors (Lipinski definition) is 5. The quantitative estimate of drug-likeness (QED) is 0.706. The highest BCUT2D eigenvalue weighted by atomic mass is 16.3. The van der Waals surface area contributed by atoms with E-state index in [1.54, 1.807) is 21.9 Å². The summed E-state index contributed by atoms with van der Waals surface area (Å²) in [7, 11) is 0. The van der Waals surface area contributed by atoms with Crippen LogP contribution < -0.4 is 10.6 Å². The summed E-state index contributed by atoms with van der Waals surface area (Å²) in [6.07, 6.45) is 1.36. The van der Waals surface area contributed by atoms with Crippen molar-refractivity contribution in [2.24, 2.45) is 0 Å². The molecule has 3 rings (SSSR count). The van der Waals surface area contributed by atoms with Crippen molar-refractivity contribution in [1.82, 2.24) is 20.4 Å². The Morgan fingerprint density at radius 2 is 1.87 bits per heavy atom. The number of amides is 5. The Bertz CT molecular complexity index is 634. The van der Waals surface area contributed by atoms with Gasteiger partial charge in [-0.3, -0.25) is 19.7 Å². The second-order valence-electron chi connectivity index (χ2n) is 5.37. The van der Waals surface area contributed by atoms with Gasteiger partial charge in [0.25, 0.3) is 11.8 Å². The molecule has 1 unspecified atom stereocenters. The van der Waals surface area contributed by atoms with Crippen LogP contribution in [0.3, 0.4) is 0 Å². The van der Waals surface area contributed by atoms with Crippen LogP contribution in [0.2, 0.25) is 0 Å². The van der Waals surface area contributed by atoms with Gasteiger partial charge >= 0.3 is 6.03 Å². The highest BCUT2D eigenvalue weighted by Gasteiger charge is 2.33. The number of rotatable bonds is 3. The highest BCUT2D eigenvalue weighted by molar-refractivity contribution is 6.05. The van der Waals surface area contributed by atoms with E-state index in [9.17, 15) is 19.2 Å². The van der Waals surface area contributed by atoms with Gasteiger partial charge in [0, 0.05) is 26.2 Å². The van der Waals surface area contributed by atoms with E-state index in [1.165, 1.54) is 6.26 Å². The summed E-state index contributed by atoms with van der Waals surface area (Å²) in [5, 5.41) is 4.48. The molecule has 5 amide bonds. The van der Waals surface area contributed by atoms with E-state index in [2.05, 4.69) is 10.6 Å². The Kier molecular flexibility index (Phi) is 4.00. The van der Waals surface area contributed by atoms with E-state index < -0.39 is 18.0 Å². The average Bonchev–Trinajstić information content (AvgIpc) is 3.17. The normalized spacial score (nSPS) is 21.1. The first kappa shape index (κ1) is 15.1. The number of imide groups is 1. The number of furan rings is 1. The van der Waals surface area contributed by atoms with Crippen LogP contribution in [0.5, 0.6) is 0 Å². The van der Waals surface area contributed by atoms with E-state index in [0.717, 1.165) is 0 Å². The first-order valence-electron chi connectivity index (χ1n) is 7.26. The van der Waals surface area contributed by atoms with Crippen LogP contribution in [0, 0.1) is 0 Å². The molecule has 122 valence electrons. The molecule has 0 aromatic carbocycles.